The Bertz CT molecular complexity index is 1180. The highest BCUT2D eigenvalue weighted by molar-refractivity contribution is 8.18. The van der Waals surface area contributed by atoms with Crippen molar-refractivity contribution in [2.75, 3.05) is 46.4 Å². The van der Waals surface area contributed by atoms with Gasteiger partial charge in [0.25, 0.3) is 17.1 Å². The summed E-state index contributed by atoms with van der Waals surface area (Å²) in [4.78, 5) is 43.3. The number of nitrogens with zero attached hydrogens (tertiary/aromatic N) is 3. The average Bonchev–Trinajstić information content (AvgIpc) is 3.15. The summed E-state index contributed by atoms with van der Waals surface area (Å²) in [6.07, 6.45) is -2.89. The molecule has 0 bridgehead atoms. The fourth-order valence-electron chi connectivity index (χ4n) is 4.07. The van der Waals surface area contributed by atoms with Crippen LogP contribution in [0.4, 0.5) is 18.0 Å². The van der Waals surface area contributed by atoms with E-state index >= 15 is 0 Å². The van der Waals surface area contributed by atoms with Crippen LogP contribution in [0.2, 0.25) is 0 Å². The second-order valence-electron chi connectivity index (χ2n) is 8.71. The minimum atomic E-state index is -4.46. The lowest BCUT2D eigenvalue weighted by atomic mass is 10.1. The minimum absolute atomic E-state index is 0.0604. The van der Waals surface area contributed by atoms with Crippen molar-refractivity contribution in [1.29, 1.82) is 0 Å². The zero-order valence-corrected chi connectivity index (χ0v) is 21.0. The van der Waals surface area contributed by atoms with Gasteiger partial charge in [-0.25, -0.2) is 0 Å². The van der Waals surface area contributed by atoms with E-state index in [4.69, 9.17) is 4.74 Å². The van der Waals surface area contributed by atoms with Crippen LogP contribution in [0.25, 0.3) is 6.08 Å². The number of amides is 3. The molecule has 0 N–H and O–H groups in total. The summed E-state index contributed by atoms with van der Waals surface area (Å²) >= 11 is 0.772. The van der Waals surface area contributed by atoms with Gasteiger partial charge in [0.2, 0.25) is 0 Å². The van der Waals surface area contributed by atoms with Crippen LogP contribution in [0.3, 0.4) is 0 Å². The summed E-state index contributed by atoms with van der Waals surface area (Å²) in [5, 5.41) is -0.493. The quantitative estimate of drug-likeness (QED) is 0.493. The molecule has 0 radical (unpaired) electrons. The van der Waals surface area contributed by atoms with Gasteiger partial charge < -0.3 is 9.64 Å². The third-order valence-electron chi connectivity index (χ3n) is 6.22. The summed E-state index contributed by atoms with van der Waals surface area (Å²) < 4.78 is 43.4. The van der Waals surface area contributed by atoms with E-state index in [0.717, 1.165) is 48.4 Å². The Morgan fingerprint density at radius 2 is 1.65 bits per heavy atom. The van der Waals surface area contributed by atoms with Gasteiger partial charge in [-0.1, -0.05) is 24.3 Å². The first-order valence-electron chi connectivity index (χ1n) is 11.7. The number of benzene rings is 2. The van der Waals surface area contributed by atoms with Crippen molar-refractivity contribution in [3.8, 4) is 0 Å². The van der Waals surface area contributed by atoms with Crippen molar-refractivity contribution in [3.05, 3.63) is 75.7 Å². The average molecular weight is 534 g/mol. The maximum absolute atomic E-state index is 12.9. The fourth-order valence-corrected chi connectivity index (χ4v) is 4.91. The second-order valence-corrected chi connectivity index (χ2v) is 9.70. The van der Waals surface area contributed by atoms with Crippen LogP contribution in [-0.2, 0) is 22.3 Å². The van der Waals surface area contributed by atoms with Gasteiger partial charge in [-0.3, -0.25) is 24.2 Å². The van der Waals surface area contributed by atoms with Gasteiger partial charge in [0.1, 0.15) is 0 Å². The molecular weight excluding hydrogens is 507 g/mol. The first-order valence-corrected chi connectivity index (χ1v) is 12.5. The molecule has 0 aliphatic carbocycles. The van der Waals surface area contributed by atoms with Crippen molar-refractivity contribution in [1.82, 2.24) is 14.7 Å². The maximum Gasteiger partial charge on any atom is 0.416 e. The topological polar surface area (TPSA) is 70.2 Å². The standard InChI is InChI=1S/C26H26F3N3O4S/c1-36-15-14-30-10-12-31(13-11-30)23(33)20-6-2-18(3-7-20)16-22-24(34)32(25(35)37-22)17-19-4-8-21(9-5-19)26(27,28)29/h2-9,16H,10-15,17H2,1H3/b22-16-. The smallest absolute Gasteiger partial charge is 0.383 e. The van der Waals surface area contributed by atoms with Crippen LogP contribution in [0.15, 0.2) is 53.4 Å². The predicted molar refractivity (Wildman–Crippen MR) is 134 cm³/mol. The zero-order valence-electron chi connectivity index (χ0n) is 20.2. The summed E-state index contributed by atoms with van der Waals surface area (Å²) in [7, 11) is 1.66. The Labute approximate surface area is 216 Å². The normalized spacial score (nSPS) is 18.2. The molecule has 2 heterocycles. The van der Waals surface area contributed by atoms with Gasteiger partial charge in [-0.15, -0.1) is 0 Å². The third kappa shape index (κ3) is 6.60. The fraction of sp³-hybridized carbons (Fsp3) is 0.346. The van der Waals surface area contributed by atoms with E-state index in [9.17, 15) is 27.6 Å². The molecular formula is C26H26F3N3O4S. The van der Waals surface area contributed by atoms with E-state index in [0.29, 0.717) is 36.4 Å². The number of halogens is 3. The summed E-state index contributed by atoms with van der Waals surface area (Å²) in [5.74, 6) is -0.573. The van der Waals surface area contributed by atoms with Crippen molar-refractivity contribution in [2.24, 2.45) is 0 Å². The van der Waals surface area contributed by atoms with Gasteiger partial charge in [0.05, 0.1) is 23.6 Å². The molecule has 11 heteroatoms. The van der Waals surface area contributed by atoms with E-state index < -0.39 is 22.9 Å². The number of hydrogen-bond donors (Lipinski definition) is 0. The Morgan fingerprint density at radius 3 is 2.24 bits per heavy atom. The number of rotatable bonds is 7. The number of hydrogen-bond acceptors (Lipinski definition) is 6. The van der Waals surface area contributed by atoms with Crippen molar-refractivity contribution in [2.45, 2.75) is 12.7 Å². The Hall–Kier alpha value is -3.15. The van der Waals surface area contributed by atoms with Crippen molar-refractivity contribution in [3.63, 3.8) is 0 Å². The molecule has 0 saturated carbocycles. The zero-order chi connectivity index (χ0) is 26.6. The van der Waals surface area contributed by atoms with Crippen molar-refractivity contribution < 1.29 is 32.3 Å². The van der Waals surface area contributed by atoms with Crippen LogP contribution in [0.5, 0.6) is 0 Å². The molecule has 37 heavy (non-hydrogen) atoms. The van der Waals surface area contributed by atoms with E-state index in [-0.39, 0.29) is 17.4 Å². The van der Waals surface area contributed by atoms with Gasteiger partial charge >= 0.3 is 6.18 Å². The molecule has 2 fully saturated rings. The van der Waals surface area contributed by atoms with Gasteiger partial charge in [-0.2, -0.15) is 13.2 Å². The Morgan fingerprint density at radius 1 is 1.00 bits per heavy atom. The summed E-state index contributed by atoms with van der Waals surface area (Å²) in [6.45, 7) is 4.22. The number of ether oxygens (including phenoxy) is 1. The lowest BCUT2D eigenvalue weighted by molar-refractivity contribution is -0.137. The largest absolute Gasteiger partial charge is 0.416 e. The van der Waals surface area contributed by atoms with Crippen molar-refractivity contribution >= 4 is 34.9 Å². The SMILES string of the molecule is COCCN1CCN(C(=O)c2ccc(/C=C3\SC(=O)N(Cc4ccc(C(F)(F)F)cc4)C3=O)cc2)CC1. The number of thioether (sulfide) groups is 1. The molecule has 2 aliphatic rings. The van der Waals surface area contributed by atoms with E-state index in [1.54, 1.807) is 37.5 Å². The van der Waals surface area contributed by atoms with Gasteiger partial charge in [-0.05, 0) is 53.2 Å². The monoisotopic (exact) mass is 533 g/mol. The van der Waals surface area contributed by atoms with E-state index in [2.05, 4.69) is 4.90 Å². The molecule has 0 unspecified atom stereocenters. The van der Waals surface area contributed by atoms with E-state index in [1.807, 2.05) is 4.90 Å². The number of alkyl halides is 3. The molecule has 0 atom stereocenters. The minimum Gasteiger partial charge on any atom is -0.383 e. The number of methoxy groups -OCH3 is 1. The molecule has 3 amide bonds. The van der Waals surface area contributed by atoms with Gasteiger partial charge in [0, 0.05) is 45.4 Å². The molecule has 0 aromatic heterocycles. The molecule has 2 aromatic carbocycles. The lowest BCUT2D eigenvalue weighted by Gasteiger charge is -2.34. The molecule has 196 valence electrons. The molecule has 0 spiro atoms. The van der Waals surface area contributed by atoms with Crippen LogP contribution in [0.1, 0.15) is 27.0 Å². The molecule has 4 rings (SSSR count). The summed E-state index contributed by atoms with van der Waals surface area (Å²) in [6, 6.07) is 11.2. The van der Waals surface area contributed by atoms with Crippen LogP contribution in [-0.4, -0.2) is 78.2 Å². The number of piperazine rings is 1. The number of imide groups is 1. The van der Waals surface area contributed by atoms with E-state index in [1.165, 1.54) is 12.1 Å². The summed E-state index contributed by atoms with van der Waals surface area (Å²) in [5.41, 5.74) is 0.814. The van der Waals surface area contributed by atoms with Gasteiger partial charge in [0.15, 0.2) is 0 Å². The predicted octanol–water partition coefficient (Wildman–Crippen LogP) is 4.35. The highest BCUT2D eigenvalue weighted by atomic mass is 32.2. The second kappa shape index (κ2) is 11.5. The third-order valence-corrected chi connectivity index (χ3v) is 7.13. The maximum atomic E-state index is 12.9. The highest BCUT2D eigenvalue weighted by Crippen LogP contribution is 2.34. The van der Waals surface area contributed by atoms with Crippen LogP contribution < -0.4 is 0 Å². The first-order chi connectivity index (χ1) is 17.7. The molecule has 2 aromatic rings. The first kappa shape index (κ1) is 26.9. The number of carbonyl (C=O) groups excluding carboxylic acids is 3. The number of carbonyl (C=O) groups is 3. The Balaban J connectivity index is 1.36. The molecule has 7 nitrogen and oxygen atoms in total. The van der Waals surface area contributed by atoms with Crippen LogP contribution in [0, 0.1) is 0 Å². The molecule has 2 saturated heterocycles. The van der Waals surface area contributed by atoms with Crippen LogP contribution >= 0.6 is 11.8 Å². The molecule has 2 aliphatic heterocycles. The lowest BCUT2D eigenvalue weighted by Crippen LogP contribution is -2.49. The Kier molecular flexibility index (Phi) is 8.35. The highest BCUT2D eigenvalue weighted by Gasteiger charge is 2.35.